The van der Waals surface area contributed by atoms with Crippen LogP contribution in [0, 0.1) is 0 Å². The van der Waals surface area contributed by atoms with Crippen LogP contribution in [0.25, 0.3) is 0 Å². The summed E-state index contributed by atoms with van der Waals surface area (Å²) < 4.78 is 0. The fourth-order valence-electron chi connectivity index (χ4n) is 5.17. The second-order valence-corrected chi connectivity index (χ2v) is 10.5. The van der Waals surface area contributed by atoms with Gasteiger partial charge in [-0.25, -0.2) is 0 Å². The number of likely N-dealkylation sites (tertiary alicyclic amines) is 1. The van der Waals surface area contributed by atoms with Crippen LogP contribution in [0.5, 0.6) is 0 Å². The van der Waals surface area contributed by atoms with Gasteiger partial charge in [-0.3, -0.25) is 14.6 Å². The van der Waals surface area contributed by atoms with Gasteiger partial charge in [-0.15, -0.1) is 0 Å². The molecule has 5 rings (SSSR count). The van der Waals surface area contributed by atoms with Crippen molar-refractivity contribution in [2.45, 2.75) is 25.6 Å². The van der Waals surface area contributed by atoms with E-state index in [0.29, 0.717) is 23.2 Å². The molecule has 3 aromatic rings. The van der Waals surface area contributed by atoms with Gasteiger partial charge in [0.2, 0.25) is 0 Å². The first-order chi connectivity index (χ1) is 17.5. The minimum absolute atomic E-state index is 0.0751. The van der Waals surface area contributed by atoms with Gasteiger partial charge in [-0.1, -0.05) is 65.7 Å². The van der Waals surface area contributed by atoms with Gasteiger partial charge >= 0.3 is 0 Å². The summed E-state index contributed by atoms with van der Waals surface area (Å²) in [5, 5.41) is 4.82. The van der Waals surface area contributed by atoms with Gasteiger partial charge in [-0.2, -0.15) is 0 Å². The maximum absolute atomic E-state index is 13.5. The van der Waals surface area contributed by atoms with Crippen LogP contribution in [0.1, 0.15) is 27.9 Å². The fraction of sp³-hybridized carbons (Fsp3) is 0.345. The van der Waals surface area contributed by atoms with Crippen molar-refractivity contribution in [2.24, 2.45) is 0 Å². The van der Waals surface area contributed by atoms with Crippen molar-refractivity contribution in [1.29, 1.82) is 0 Å². The number of carbonyl (C=O) groups is 1. The molecule has 0 bridgehead atoms. The van der Waals surface area contributed by atoms with Crippen molar-refractivity contribution < 1.29 is 4.79 Å². The second-order valence-electron chi connectivity index (χ2n) is 9.66. The van der Waals surface area contributed by atoms with Crippen molar-refractivity contribution >= 4 is 34.8 Å². The quantitative estimate of drug-likeness (QED) is 0.435. The van der Waals surface area contributed by atoms with Gasteiger partial charge in [0.25, 0.3) is 5.91 Å². The molecular weight excluding hydrogens is 491 g/mol. The van der Waals surface area contributed by atoms with E-state index in [9.17, 15) is 4.79 Å². The average Bonchev–Trinajstić information content (AvgIpc) is 3.40. The fourth-order valence-corrected chi connectivity index (χ4v) is 5.47. The molecule has 0 aromatic heterocycles. The van der Waals surface area contributed by atoms with E-state index in [4.69, 9.17) is 23.2 Å². The number of carbonyl (C=O) groups excluding carboxylic acids is 1. The molecule has 2 fully saturated rings. The molecular formula is C29H32Cl2N4O. The van der Waals surface area contributed by atoms with E-state index in [2.05, 4.69) is 39.4 Å². The minimum atomic E-state index is 0.0751. The third-order valence-electron chi connectivity index (χ3n) is 7.23. The highest BCUT2D eigenvalue weighted by Gasteiger charge is 2.33. The molecule has 7 heteroatoms. The van der Waals surface area contributed by atoms with Gasteiger partial charge in [0.05, 0.1) is 5.56 Å². The summed E-state index contributed by atoms with van der Waals surface area (Å²) in [6, 6.07) is 24.2. The number of nitrogens with one attached hydrogen (secondary N) is 1. The normalized spacial score (nSPS) is 18.9. The van der Waals surface area contributed by atoms with E-state index in [1.807, 2.05) is 47.4 Å². The Morgan fingerprint density at radius 2 is 1.56 bits per heavy atom. The molecule has 1 unspecified atom stereocenters. The third-order valence-corrected chi connectivity index (χ3v) is 7.72. The smallest absolute Gasteiger partial charge is 0.256 e. The van der Waals surface area contributed by atoms with Gasteiger partial charge in [-0.05, 0) is 47.9 Å². The van der Waals surface area contributed by atoms with Crippen LogP contribution in [0.4, 0.5) is 5.69 Å². The Morgan fingerprint density at radius 3 is 2.31 bits per heavy atom. The summed E-state index contributed by atoms with van der Waals surface area (Å²) in [7, 11) is 0. The Hall–Kier alpha value is -2.57. The molecule has 1 atom stereocenters. The number of benzene rings is 3. The molecule has 2 aliphatic rings. The number of rotatable bonds is 7. The molecule has 36 heavy (non-hydrogen) atoms. The number of nitrogens with zero attached hydrogens (tertiary/aromatic N) is 3. The van der Waals surface area contributed by atoms with Crippen LogP contribution in [0.15, 0.2) is 72.8 Å². The summed E-state index contributed by atoms with van der Waals surface area (Å²) >= 11 is 12.3. The number of halogens is 2. The summed E-state index contributed by atoms with van der Waals surface area (Å²) in [4.78, 5) is 20.6. The molecule has 1 N–H and O–H groups in total. The van der Waals surface area contributed by atoms with Crippen molar-refractivity contribution in [2.75, 3.05) is 44.6 Å². The standard InChI is InChI=1S/C29H32Cl2N4O/c30-24-8-6-23(7-9-24)20-33-14-16-34(17-15-33)26-12-13-35(21-26)29(36)27-11-10-25(31)18-28(27)32-19-22-4-2-1-3-5-22/h1-11,18,26,32H,12-17,19-21H2. The summed E-state index contributed by atoms with van der Waals surface area (Å²) in [5.41, 5.74) is 3.93. The number of anilines is 1. The zero-order chi connectivity index (χ0) is 24.9. The number of hydrogen-bond donors (Lipinski definition) is 1. The Labute approximate surface area is 223 Å². The molecule has 5 nitrogen and oxygen atoms in total. The summed E-state index contributed by atoms with van der Waals surface area (Å²) in [6.45, 7) is 7.30. The minimum Gasteiger partial charge on any atom is -0.380 e. The molecule has 2 saturated heterocycles. The lowest BCUT2D eigenvalue weighted by Gasteiger charge is -2.38. The van der Waals surface area contributed by atoms with E-state index in [0.717, 1.165) is 68.5 Å². The highest BCUT2D eigenvalue weighted by Crippen LogP contribution is 2.26. The lowest BCUT2D eigenvalue weighted by molar-refractivity contribution is 0.0735. The Balaban J connectivity index is 1.16. The molecule has 0 spiro atoms. The summed E-state index contributed by atoms with van der Waals surface area (Å²) in [5.74, 6) is 0.0751. The maximum Gasteiger partial charge on any atom is 0.256 e. The van der Waals surface area contributed by atoms with Gasteiger partial charge < -0.3 is 10.2 Å². The monoisotopic (exact) mass is 522 g/mol. The average molecular weight is 524 g/mol. The van der Waals surface area contributed by atoms with Crippen LogP contribution in [-0.4, -0.2) is 65.9 Å². The van der Waals surface area contributed by atoms with E-state index >= 15 is 0 Å². The van der Waals surface area contributed by atoms with Gasteiger partial charge in [0, 0.05) is 74.1 Å². The SMILES string of the molecule is O=C(c1ccc(Cl)cc1NCc1ccccc1)N1CCC(N2CCN(Cc3ccc(Cl)cc3)CC2)C1. The molecule has 2 aliphatic heterocycles. The number of amides is 1. The zero-order valence-electron chi connectivity index (χ0n) is 20.4. The molecule has 188 valence electrons. The van der Waals surface area contributed by atoms with E-state index in [1.54, 1.807) is 6.07 Å². The molecule has 0 aliphatic carbocycles. The predicted octanol–water partition coefficient (Wildman–Crippen LogP) is 5.64. The van der Waals surface area contributed by atoms with Crippen LogP contribution >= 0.6 is 23.2 Å². The van der Waals surface area contributed by atoms with E-state index in [-0.39, 0.29) is 5.91 Å². The first-order valence-corrected chi connectivity index (χ1v) is 13.4. The first kappa shape index (κ1) is 25.1. The molecule has 1 amide bonds. The molecule has 0 saturated carbocycles. The second kappa shape index (κ2) is 11.7. The van der Waals surface area contributed by atoms with Crippen molar-refractivity contribution in [3.05, 3.63) is 99.5 Å². The Kier molecular flexibility index (Phi) is 8.12. The lowest BCUT2D eigenvalue weighted by atomic mass is 10.1. The molecule has 2 heterocycles. The summed E-state index contributed by atoms with van der Waals surface area (Å²) in [6.07, 6.45) is 1.02. The largest absolute Gasteiger partial charge is 0.380 e. The first-order valence-electron chi connectivity index (χ1n) is 12.6. The van der Waals surface area contributed by atoms with E-state index in [1.165, 1.54) is 5.56 Å². The topological polar surface area (TPSA) is 38.8 Å². The zero-order valence-corrected chi connectivity index (χ0v) is 21.9. The van der Waals surface area contributed by atoms with Crippen molar-refractivity contribution in [3.8, 4) is 0 Å². The van der Waals surface area contributed by atoms with Crippen LogP contribution < -0.4 is 5.32 Å². The van der Waals surface area contributed by atoms with Crippen molar-refractivity contribution in [1.82, 2.24) is 14.7 Å². The van der Waals surface area contributed by atoms with Gasteiger partial charge in [0.1, 0.15) is 0 Å². The Bertz CT molecular complexity index is 1160. The third kappa shape index (κ3) is 6.22. The predicted molar refractivity (Wildman–Crippen MR) is 148 cm³/mol. The van der Waals surface area contributed by atoms with E-state index < -0.39 is 0 Å². The Morgan fingerprint density at radius 1 is 0.833 bits per heavy atom. The van der Waals surface area contributed by atoms with Crippen LogP contribution in [0.2, 0.25) is 10.0 Å². The van der Waals surface area contributed by atoms with Crippen LogP contribution in [0.3, 0.4) is 0 Å². The highest BCUT2D eigenvalue weighted by atomic mass is 35.5. The lowest BCUT2D eigenvalue weighted by Crippen LogP contribution is -2.50. The van der Waals surface area contributed by atoms with Crippen molar-refractivity contribution in [3.63, 3.8) is 0 Å². The number of hydrogen-bond acceptors (Lipinski definition) is 4. The number of piperazine rings is 1. The molecule has 3 aromatic carbocycles. The maximum atomic E-state index is 13.5. The molecule has 0 radical (unpaired) electrons. The van der Waals surface area contributed by atoms with Crippen LogP contribution in [-0.2, 0) is 13.1 Å². The van der Waals surface area contributed by atoms with Gasteiger partial charge in [0.15, 0.2) is 0 Å². The highest BCUT2D eigenvalue weighted by molar-refractivity contribution is 6.31.